The van der Waals surface area contributed by atoms with Gasteiger partial charge in [0.15, 0.2) is 6.61 Å². The van der Waals surface area contributed by atoms with Crippen LogP contribution in [0.3, 0.4) is 0 Å². The first-order chi connectivity index (χ1) is 16.8. The number of ether oxygens (including phenoxy) is 1. The van der Waals surface area contributed by atoms with Crippen LogP contribution in [0.4, 0.5) is 0 Å². The van der Waals surface area contributed by atoms with E-state index in [4.69, 9.17) is 9.84 Å². The lowest BCUT2D eigenvalue weighted by Gasteiger charge is -2.18. The van der Waals surface area contributed by atoms with Crippen LogP contribution in [-0.4, -0.2) is 29.5 Å². The molecule has 0 aliphatic rings. The minimum absolute atomic E-state index is 0.0465. The van der Waals surface area contributed by atoms with Crippen molar-refractivity contribution < 1.29 is 24.2 Å². The normalized spacial score (nSPS) is 12.1. The molecule has 3 aromatic carbocycles. The highest BCUT2D eigenvalue weighted by molar-refractivity contribution is 6.21. The standard InChI is InChI=1S/C28H28N2O5/c1-19(22-9-5-3-6-10-22)29-27(33)25(28(34)30-20(2)23-11-7-4-8-12-23)17-21-13-15-24(16-14-21)35-18-26(31)32/h3-17,19-20H,18H2,1-2H3,(H,29,33)(H,30,34)(H,31,32). The lowest BCUT2D eigenvalue weighted by Crippen LogP contribution is -2.36. The second-order valence-corrected chi connectivity index (χ2v) is 8.02. The fourth-order valence-electron chi connectivity index (χ4n) is 3.41. The van der Waals surface area contributed by atoms with Gasteiger partial charge in [0.1, 0.15) is 11.3 Å². The van der Waals surface area contributed by atoms with Crippen LogP contribution in [0, 0.1) is 0 Å². The number of carboxylic acid groups (broad SMARTS) is 1. The summed E-state index contributed by atoms with van der Waals surface area (Å²) < 4.78 is 5.15. The molecule has 2 unspecified atom stereocenters. The van der Waals surface area contributed by atoms with Crippen molar-refractivity contribution in [2.24, 2.45) is 0 Å². The maximum absolute atomic E-state index is 13.2. The molecule has 180 valence electrons. The lowest BCUT2D eigenvalue weighted by atomic mass is 10.0. The third-order valence-electron chi connectivity index (χ3n) is 5.34. The molecular weight excluding hydrogens is 444 g/mol. The zero-order valence-corrected chi connectivity index (χ0v) is 19.6. The monoisotopic (exact) mass is 472 g/mol. The smallest absolute Gasteiger partial charge is 0.341 e. The van der Waals surface area contributed by atoms with Crippen molar-refractivity contribution in [2.75, 3.05) is 6.61 Å². The summed E-state index contributed by atoms with van der Waals surface area (Å²) in [5, 5.41) is 14.5. The van der Waals surface area contributed by atoms with E-state index in [1.54, 1.807) is 24.3 Å². The van der Waals surface area contributed by atoms with Crippen molar-refractivity contribution >= 4 is 23.9 Å². The van der Waals surface area contributed by atoms with Gasteiger partial charge < -0.3 is 20.5 Å². The van der Waals surface area contributed by atoms with Crippen molar-refractivity contribution in [2.45, 2.75) is 25.9 Å². The molecule has 0 saturated heterocycles. The zero-order chi connectivity index (χ0) is 25.2. The van der Waals surface area contributed by atoms with E-state index in [1.807, 2.05) is 74.5 Å². The van der Waals surface area contributed by atoms with Gasteiger partial charge in [-0.3, -0.25) is 9.59 Å². The summed E-state index contributed by atoms with van der Waals surface area (Å²) in [5.41, 5.74) is 2.37. The summed E-state index contributed by atoms with van der Waals surface area (Å²) in [6.45, 7) is 3.24. The predicted molar refractivity (Wildman–Crippen MR) is 134 cm³/mol. The summed E-state index contributed by atoms with van der Waals surface area (Å²) in [4.78, 5) is 37.1. The summed E-state index contributed by atoms with van der Waals surface area (Å²) in [6, 6.07) is 24.8. The molecule has 0 radical (unpaired) electrons. The average Bonchev–Trinajstić information content (AvgIpc) is 2.87. The Hall–Kier alpha value is -4.39. The largest absolute Gasteiger partial charge is 0.482 e. The van der Waals surface area contributed by atoms with E-state index in [9.17, 15) is 14.4 Å². The molecule has 0 spiro atoms. The van der Waals surface area contributed by atoms with E-state index in [2.05, 4.69) is 10.6 Å². The van der Waals surface area contributed by atoms with E-state index >= 15 is 0 Å². The quantitative estimate of drug-likeness (QED) is 0.232. The number of carbonyl (C=O) groups excluding carboxylic acids is 2. The molecule has 7 heteroatoms. The molecule has 0 heterocycles. The summed E-state index contributed by atoms with van der Waals surface area (Å²) in [5.74, 6) is -1.73. The van der Waals surface area contributed by atoms with Gasteiger partial charge in [0.2, 0.25) is 0 Å². The van der Waals surface area contributed by atoms with Gasteiger partial charge >= 0.3 is 5.97 Å². The highest BCUT2D eigenvalue weighted by Gasteiger charge is 2.22. The van der Waals surface area contributed by atoms with Crippen molar-refractivity contribution in [3.63, 3.8) is 0 Å². The maximum atomic E-state index is 13.2. The van der Waals surface area contributed by atoms with Gasteiger partial charge in [0.05, 0.1) is 12.1 Å². The molecule has 2 atom stereocenters. The van der Waals surface area contributed by atoms with Crippen LogP contribution < -0.4 is 15.4 Å². The second-order valence-electron chi connectivity index (χ2n) is 8.02. The number of benzene rings is 3. The molecule has 35 heavy (non-hydrogen) atoms. The first kappa shape index (κ1) is 25.2. The Labute approximate surface area is 204 Å². The second kappa shape index (κ2) is 12.2. The SMILES string of the molecule is CC(NC(=O)C(=Cc1ccc(OCC(=O)O)cc1)C(=O)NC(C)c1ccccc1)c1ccccc1. The van der Waals surface area contributed by atoms with Gasteiger partial charge in [-0.1, -0.05) is 72.8 Å². The van der Waals surface area contributed by atoms with E-state index in [0.717, 1.165) is 11.1 Å². The van der Waals surface area contributed by atoms with E-state index < -0.39 is 24.4 Å². The van der Waals surface area contributed by atoms with Gasteiger partial charge in [-0.15, -0.1) is 0 Å². The van der Waals surface area contributed by atoms with Crippen molar-refractivity contribution in [3.8, 4) is 5.75 Å². The number of hydrogen-bond acceptors (Lipinski definition) is 4. The molecule has 0 bridgehead atoms. The molecule has 7 nitrogen and oxygen atoms in total. The Morgan fingerprint density at radius 3 is 1.66 bits per heavy atom. The Morgan fingerprint density at radius 1 is 0.771 bits per heavy atom. The van der Waals surface area contributed by atoms with Crippen LogP contribution in [0.2, 0.25) is 0 Å². The van der Waals surface area contributed by atoms with E-state index in [0.29, 0.717) is 11.3 Å². The van der Waals surface area contributed by atoms with Crippen molar-refractivity contribution in [1.82, 2.24) is 10.6 Å². The van der Waals surface area contributed by atoms with Crippen LogP contribution in [-0.2, 0) is 14.4 Å². The fourth-order valence-corrected chi connectivity index (χ4v) is 3.41. The Morgan fingerprint density at radius 2 is 1.23 bits per heavy atom. The minimum Gasteiger partial charge on any atom is -0.482 e. The third-order valence-corrected chi connectivity index (χ3v) is 5.34. The molecule has 3 aromatic rings. The number of aliphatic carboxylic acids is 1. The number of amides is 2. The Bertz CT molecular complexity index is 1110. The number of carboxylic acids is 1. The van der Waals surface area contributed by atoms with Crippen molar-refractivity contribution in [3.05, 3.63) is 107 Å². The third kappa shape index (κ3) is 7.57. The lowest BCUT2D eigenvalue weighted by molar-refractivity contribution is -0.139. The van der Waals surface area contributed by atoms with Crippen LogP contribution in [0.15, 0.2) is 90.5 Å². The molecule has 0 saturated carbocycles. The molecule has 2 amide bonds. The average molecular weight is 473 g/mol. The molecule has 0 aliphatic carbocycles. The molecule has 0 aliphatic heterocycles. The van der Waals surface area contributed by atoms with Crippen molar-refractivity contribution in [1.29, 1.82) is 0 Å². The van der Waals surface area contributed by atoms with Gasteiger partial charge in [-0.25, -0.2) is 4.79 Å². The highest BCUT2D eigenvalue weighted by atomic mass is 16.5. The number of carbonyl (C=O) groups is 3. The summed E-state index contributed by atoms with van der Waals surface area (Å²) in [7, 11) is 0. The Kier molecular flexibility index (Phi) is 8.78. The highest BCUT2D eigenvalue weighted by Crippen LogP contribution is 2.18. The maximum Gasteiger partial charge on any atom is 0.341 e. The van der Waals surface area contributed by atoms with Gasteiger partial charge in [-0.2, -0.15) is 0 Å². The van der Waals surface area contributed by atoms with Crippen LogP contribution in [0.25, 0.3) is 6.08 Å². The fraction of sp³-hybridized carbons (Fsp3) is 0.179. The number of hydrogen-bond donors (Lipinski definition) is 3. The number of nitrogens with one attached hydrogen (secondary N) is 2. The molecule has 0 fully saturated rings. The first-order valence-corrected chi connectivity index (χ1v) is 11.2. The summed E-state index contributed by atoms with van der Waals surface area (Å²) >= 11 is 0. The first-order valence-electron chi connectivity index (χ1n) is 11.2. The predicted octanol–water partition coefficient (Wildman–Crippen LogP) is 4.29. The van der Waals surface area contributed by atoms with Crippen LogP contribution in [0.1, 0.15) is 42.6 Å². The molecule has 0 aromatic heterocycles. The molecule has 3 N–H and O–H groups in total. The van der Waals surface area contributed by atoms with E-state index in [1.165, 1.54) is 6.08 Å². The minimum atomic E-state index is -1.08. The zero-order valence-electron chi connectivity index (χ0n) is 19.6. The van der Waals surface area contributed by atoms with Gasteiger partial charge in [0.25, 0.3) is 11.8 Å². The topological polar surface area (TPSA) is 105 Å². The Balaban J connectivity index is 1.83. The molecule has 3 rings (SSSR count). The van der Waals surface area contributed by atoms with Crippen LogP contribution in [0.5, 0.6) is 5.75 Å². The number of rotatable bonds is 10. The van der Waals surface area contributed by atoms with Gasteiger partial charge in [0, 0.05) is 0 Å². The van der Waals surface area contributed by atoms with Crippen LogP contribution >= 0.6 is 0 Å². The van der Waals surface area contributed by atoms with Gasteiger partial charge in [-0.05, 0) is 48.7 Å². The summed E-state index contributed by atoms with van der Waals surface area (Å²) in [6.07, 6.45) is 1.50. The molecular formula is C28H28N2O5. The van der Waals surface area contributed by atoms with E-state index in [-0.39, 0.29) is 17.7 Å².